The molecule has 0 bridgehead atoms. The molecule has 0 saturated heterocycles. The van der Waals surface area contributed by atoms with Gasteiger partial charge < -0.3 is 9.53 Å². The molecule has 2 aromatic rings. The molecule has 26 heavy (non-hydrogen) atoms. The van der Waals surface area contributed by atoms with Crippen LogP contribution in [-0.4, -0.2) is 29.6 Å². The summed E-state index contributed by atoms with van der Waals surface area (Å²) in [4.78, 5) is 39.7. The van der Waals surface area contributed by atoms with Gasteiger partial charge in [-0.3, -0.25) is 14.9 Å². The van der Waals surface area contributed by atoms with Crippen molar-refractivity contribution in [2.24, 2.45) is 11.3 Å². The Labute approximate surface area is 155 Å². The Hall–Kier alpha value is -2.79. The second-order valence-electron chi connectivity index (χ2n) is 6.39. The van der Waals surface area contributed by atoms with Gasteiger partial charge in [0.1, 0.15) is 18.0 Å². The molecule has 0 fully saturated rings. The molecule has 0 spiro atoms. The highest BCUT2D eigenvalue weighted by Gasteiger charge is 2.31. The number of carbonyl (C=O) groups excluding carboxylic acids is 3. The number of amides is 1. The maximum Gasteiger partial charge on any atom is 0.294 e. The minimum Gasteiger partial charge on any atom is -0.494 e. The van der Waals surface area contributed by atoms with Crippen molar-refractivity contribution in [2.75, 3.05) is 11.9 Å². The van der Waals surface area contributed by atoms with Gasteiger partial charge in [0.2, 0.25) is 5.78 Å². The van der Waals surface area contributed by atoms with Crippen molar-refractivity contribution in [2.45, 2.75) is 27.2 Å². The Kier molecular flexibility index (Phi) is 6.05. The van der Waals surface area contributed by atoms with Gasteiger partial charge in [-0.2, -0.15) is 5.26 Å². The second-order valence-corrected chi connectivity index (χ2v) is 7.42. The van der Waals surface area contributed by atoms with Crippen molar-refractivity contribution >= 4 is 44.7 Å². The van der Waals surface area contributed by atoms with E-state index in [-0.39, 0.29) is 11.6 Å². The van der Waals surface area contributed by atoms with E-state index in [2.05, 4.69) is 10.3 Å². The molecule has 0 aliphatic carbocycles. The molecule has 1 atom stereocenters. The van der Waals surface area contributed by atoms with Crippen LogP contribution in [0.1, 0.15) is 27.2 Å². The van der Waals surface area contributed by atoms with Crippen molar-refractivity contribution in [3.05, 3.63) is 18.2 Å². The maximum absolute atomic E-state index is 12.2. The summed E-state index contributed by atoms with van der Waals surface area (Å²) in [5.74, 6) is -2.29. The topological polar surface area (TPSA) is 109 Å². The molecule has 1 heterocycles. The minimum atomic E-state index is -1.19. The molecule has 2 rings (SSSR count). The molecule has 1 aromatic heterocycles. The first-order valence-electron chi connectivity index (χ1n) is 8.04. The predicted molar refractivity (Wildman–Crippen MR) is 98.0 cm³/mol. The number of aromatic nitrogens is 1. The first kappa shape index (κ1) is 19.5. The maximum atomic E-state index is 12.2. The number of fused-ring (bicyclic) bond motifs is 1. The van der Waals surface area contributed by atoms with E-state index in [1.165, 1.54) is 11.3 Å². The van der Waals surface area contributed by atoms with Crippen molar-refractivity contribution < 1.29 is 19.1 Å². The van der Waals surface area contributed by atoms with Crippen LogP contribution in [0.15, 0.2) is 18.2 Å². The van der Waals surface area contributed by atoms with Gasteiger partial charge in [0.05, 0.1) is 22.9 Å². The number of Topliss-reactive ketones (excluding diaryl/α,β-unsaturated/α-hetero) is 1. The SMILES string of the molecule is CCOc1ccc2nc(NC(=O)C(=O)[C@H](C#N)CC(C)(C)C=O)sc2c1. The fourth-order valence-electron chi connectivity index (χ4n) is 2.30. The van der Waals surface area contributed by atoms with Gasteiger partial charge in [-0.15, -0.1) is 0 Å². The number of hydrogen-bond donors (Lipinski definition) is 1. The summed E-state index contributed by atoms with van der Waals surface area (Å²) >= 11 is 1.21. The zero-order chi connectivity index (χ0) is 19.3. The molecule has 0 saturated carbocycles. The Morgan fingerprint density at radius 1 is 1.46 bits per heavy atom. The lowest BCUT2D eigenvalue weighted by molar-refractivity contribution is -0.137. The Bertz CT molecular complexity index is 882. The molecular formula is C18H19N3O4S. The van der Waals surface area contributed by atoms with E-state index in [0.717, 1.165) is 4.70 Å². The van der Waals surface area contributed by atoms with Crippen LogP contribution in [0, 0.1) is 22.7 Å². The molecule has 1 aromatic carbocycles. The molecule has 0 unspecified atom stereocenters. The lowest BCUT2D eigenvalue weighted by Crippen LogP contribution is -2.32. The first-order valence-corrected chi connectivity index (χ1v) is 8.86. The minimum absolute atomic E-state index is 0.0170. The van der Waals surface area contributed by atoms with Crippen LogP contribution < -0.4 is 10.1 Å². The van der Waals surface area contributed by atoms with Crippen LogP contribution in [0.4, 0.5) is 5.13 Å². The number of anilines is 1. The van der Waals surface area contributed by atoms with Crippen LogP contribution in [0.5, 0.6) is 5.75 Å². The third-order valence-corrected chi connectivity index (χ3v) is 4.57. The van der Waals surface area contributed by atoms with Gasteiger partial charge >= 0.3 is 0 Å². The summed E-state index contributed by atoms with van der Waals surface area (Å²) in [6, 6.07) is 7.14. The summed E-state index contributed by atoms with van der Waals surface area (Å²) < 4.78 is 6.22. The van der Waals surface area contributed by atoms with Gasteiger partial charge in [0, 0.05) is 5.41 Å². The van der Waals surface area contributed by atoms with Gasteiger partial charge in [-0.25, -0.2) is 4.98 Å². The van der Waals surface area contributed by atoms with Crippen LogP contribution in [0.2, 0.25) is 0 Å². The summed E-state index contributed by atoms with van der Waals surface area (Å²) in [5, 5.41) is 11.9. The first-order chi connectivity index (χ1) is 12.3. The van der Waals surface area contributed by atoms with Crippen LogP contribution in [0.25, 0.3) is 10.2 Å². The smallest absolute Gasteiger partial charge is 0.294 e. The van der Waals surface area contributed by atoms with Crippen molar-refractivity contribution in [1.82, 2.24) is 4.98 Å². The Morgan fingerprint density at radius 2 is 2.19 bits per heavy atom. The van der Waals surface area contributed by atoms with E-state index in [0.29, 0.717) is 24.2 Å². The van der Waals surface area contributed by atoms with E-state index < -0.39 is 23.0 Å². The predicted octanol–water partition coefficient (Wildman–Crippen LogP) is 2.96. The van der Waals surface area contributed by atoms with Gasteiger partial charge in [-0.05, 0) is 31.5 Å². The van der Waals surface area contributed by atoms with Crippen molar-refractivity contribution in [1.29, 1.82) is 5.26 Å². The number of nitrogens with zero attached hydrogens (tertiary/aromatic N) is 2. The molecule has 136 valence electrons. The lowest BCUT2D eigenvalue weighted by atomic mass is 9.83. The molecule has 7 nitrogen and oxygen atoms in total. The average Bonchev–Trinajstić information content (AvgIpc) is 3.00. The van der Waals surface area contributed by atoms with Gasteiger partial charge in [0.25, 0.3) is 5.91 Å². The highest BCUT2D eigenvalue weighted by molar-refractivity contribution is 7.22. The largest absolute Gasteiger partial charge is 0.494 e. The summed E-state index contributed by atoms with van der Waals surface area (Å²) in [6.07, 6.45) is 0.656. The number of benzene rings is 1. The van der Waals surface area contributed by atoms with E-state index in [1.807, 2.05) is 6.92 Å². The highest BCUT2D eigenvalue weighted by Crippen LogP contribution is 2.29. The Balaban J connectivity index is 2.13. The van der Waals surface area contributed by atoms with Crippen LogP contribution in [-0.2, 0) is 14.4 Å². The van der Waals surface area contributed by atoms with E-state index in [1.54, 1.807) is 38.1 Å². The summed E-state index contributed by atoms with van der Waals surface area (Å²) in [5.41, 5.74) is -0.192. The molecule has 0 aliphatic rings. The number of ether oxygens (including phenoxy) is 1. The molecular weight excluding hydrogens is 354 g/mol. The van der Waals surface area contributed by atoms with Crippen LogP contribution in [0.3, 0.4) is 0 Å². The average molecular weight is 373 g/mol. The fraction of sp³-hybridized carbons (Fsp3) is 0.389. The van der Waals surface area contributed by atoms with Crippen molar-refractivity contribution in [3.63, 3.8) is 0 Å². The number of aldehydes is 1. The number of nitrogens with one attached hydrogen (secondary N) is 1. The lowest BCUT2D eigenvalue weighted by Gasteiger charge is -2.18. The fourth-order valence-corrected chi connectivity index (χ4v) is 3.19. The van der Waals surface area contributed by atoms with E-state index in [4.69, 9.17) is 4.74 Å². The van der Waals surface area contributed by atoms with Gasteiger partial charge in [-0.1, -0.05) is 25.2 Å². The second kappa shape index (κ2) is 8.06. The Morgan fingerprint density at radius 3 is 2.81 bits per heavy atom. The standard InChI is InChI=1S/C18H19N3O4S/c1-4-25-12-5-6-13-14(7-12)26-17(20-13)21-16(24)15(23)11(9-19)8-18(2,3)10-22/h5-7,10-11H,4,8H2,1-3H3,(H,20,21,24)/t11-/m0/s1. The van der Waals surface area contributed by atoms with Crippen LogP contribution >= 0.6 is 11.3 Å². The number of carbonyl (C=O) groups is 3. The molecule has 0 aliphatic heterocycles. The van der Waals surface area contributed by atoms with E-state index >= 15 is 0 Å². The number of hydrogen-bond acceptors (Lipinski definition) is 7. The van der Waals surface area contributed by atoms with Crippen molar-refractivity contribution in [3.8, 4) is 11.8 Å². The molecule has 1 N–H and O–H groups in total. The highest BCUT2D eigenvalue weighted by atomic mass is 32.1. The zero-order valence-corrected chi connectivity index (χ0v) is 15.6. The quantitative estimate of drug-likeness (QED) is 0.563. The number of rotatable bonds is 8. The zero-order valence-electron chi connectivity index (χ0n) is 14.7. The molecule has 1 amide bonds. The third kappa shape index (κ3) is 4.64. The monoisotopic (exact) mass is 373 g/mol. The summed E-state index contributed by atoms with van der Waals surface area (Å²) in [7, 11) is 0. The summed E-state index contributed by atoms with van der Waals surface area (Å²) in [6.45, 7) is 5.64. The molecule has 0 radical (unpaired) electrons. The molecule has 8 heteroatoms. The van der Waals surface area contributed by atoms with Gasteiger partial charge in [0.15, 0.2) is 5.13 Å². The number of nitriles is 1. The number of ketones is 1. The normalized spacial score (nSPS) is 12.2. The third-order valence-electron chi connectivity index (χ3n) is 3.64. The van der Waals surface area contributed by atoms with E-state index in [9.17, 15) is 19.6 Å². The number of thiazole rings is 1.